The molecule has 3 aromatic rings. The molecule has 1 N–H and O–H groups in total. The number of thioether (sulfide) groups is 1. The first-order valence-electron chi connectivity index (χ1n) is 8.08. The van der Waals surface area contributed by atoms with Gasteiger partial charge in [0.15, 0.2) is 0 Å². The van der Waals surface area contributed by atoms with Crippen LogP contribution in [0.4, 0.5) is 0 Å². The number of nitrogens with one attached hydrogen (secondary N) is 1. The number of H-pyrrole nitrogens is 1. The third-order valence-electron chi connectivity index (χ3n) is 4.37. The number of aromatic nitrogens is 2. The van der Waals surface area contributed by atoms with Crippen LogP contribution in [0.3, 0.4) is 0 Å². The molecule has 0 aliphatic carbocycles. The zero-order chi connectivity index (χ0) is 16.5. The Morgan fingerprint density at radius 1 is 0.958 bits per heavy atom. The van der Waals surface area contributed by atoms with Gasteiger partial charge in [0.1, 0.15) is 13.7 Å². The molecule has 0 saturated heterocycles. The van der Waals surface area contributed by atoms with Crippen molar-refractivity contribution in [3.63, 3.8) is 0 Å². The van der Waals surface area contributed by atoms with Gasteiger partial charge in [0, 0.05) is 16.9 Å². The van der Waals surface area contributed by atoms with E-state index >= 15 is 0 Å². The third-order valence-corrected chi connectivity index (χ3v) is 5.36. The quantitative estimate of drug-likeness (QED) is 0.732. The number of aromatic amines is 1. The van der Waals surface area contributed by atoms with Gasteiger partial charge in [-0.1, -0.05) is 54.0 Å². The van der Waals surface area contributed by atoms with E-state index in [1.54, 1.807) is 11.8 Å². The lowest BCUT2D eigenvalue weighted by molar-refractivity contribution is 0.938. The summed E-state index contributed by atoms with van der Waals surface area (Å²) in [6.07, 6.45) is 0.873. The Bertz CT molecular complexity index is 933. The van der Waals surface area contributed by atoms with Gasteiger partial charge >= 0.3 is 0 Å². The summed E-state index contributed by atoms with van der Waals surface area (Å²) < 4.78 is 0. The highest BCUT2D eigenvalue weighted by Crippen LogP contribution is 2.25. The summed E-state index contributed by atoms with van der Waals surface area (Å²) in [5.41, 5.74) is 6.35. The standard InChI is InChI=1S/C19H17BN2OS/c20-15-7-5-13(6-8-15)12-1-3-14(4-2-12)18-21-17-9-10-24-11-16(17)19(23)22-18/h1-8H,9-11,20H2,(H,21,22,23). The molecule has 118 valence electrons. The van der Waals surface area contributed by atoms with E-state index < -0.39 is 0 Å². The normalized spacial score (nSPS) is 13.5. The highest BCUT2D eigenvalue weighted by Gasteiger charge is 2.16. The molecule has 3 nitrogen and oxygen atoms in total. The predicted octanol–water partition coefficient (Wildman–Crippen LogP) is 2.15. The molecule has 0 spiro atoms. The summed E-state index contributed by atoms with van der Waals surface area (Å²) >= 11 is 1.79. The van der Waals surface area contributed by atoms with Crippen molar-refractivity contribution in [2.75, 3.05) is 5.75 Å². The molecule has 0 unspecified atom stereocenters. The molecule has 0 bridgehead atoms. The molecular formula is C19H17BN2OS. The summed E-state index contributed by atoms with van der Waals surface area (Å²) in [4.78, 5) is 19.9. The van der Waals surface area contributed by atoms with Crippen LogP contribution in [-0.4, -0.2) is 23.6 Å². The number of rotatable bonds is 2. The second-order valence-corrected chi connectivity index (χ2v) is 7.19. The molecule has 4 rings (SSSR count). The monoisotopic (exact) mass is 332 g/mol. The number of aryl methyl sites for hydroxylation is 1. The first-order valence-corrected chi connectivity index (χ1v) is 9.23. The van der Waals surface area contributed by atoms with Crippen LogP contribution in [0.15, 0.2) is 53.3 Å². The Morgan fingerprint density at radius 3 is 2.29 bits per heavy atom. The first kappa shape index (κ1) is 15.3. The molecule has 1 aliphatic heterocycles. The van der Waals surface area contributed by atoms with Gasteiger partial charge in [-0.3, -0.25) is 4.79 Å². The Kier molecular flexibility index (Phi) is 4.02. The molecule has 1 aliphatic rings. The third kappa shape index (κ3) is 2.92. The van der Waals surface area contributed by atoms with Crippen molar-refractivity contribution < 1.29 is 0 Å². The largest absolute Gasteiger partial charge is 0.306 e. The molecule has 2 aromatic carbocycles. The van der Waals surface area contributed by atoms with E-state index in [2.05, 4.69) is 54.2 Å². The minimum Gasteiger partial charge on any atom is -0.306 e. The predicted molar refractivity (Wildman–Crippen MR) is 104 cm³/mol. The molecule has 24 heavy (non-hydrogen) atoms. The number of benzene rings is 2. The van der Waals surface area contributed by atoms with Crippen LogP contribution >= 0.6 is 11.8 Å². The summed E-state index contributed by atoms with van der Waals surface area (Å²) in [5.74, 6) is 2.47. The maximum Gasteiger partial charge on any atom is 0.255 e. The molecule has 0 radical (unpaired) electrons. The zero-order valence-corrected chi connectivity index (χ0v) is 14.3. The average molecular weight is 332 g/mol. The van der Waals surface area contributed by atoms with Crippen molar-refractivity contribution in [3.8, 4) is 22.5 Å². The van der Waals surface area contributed by atoms with Crippen LogP contribution in [0.2, 0.25) is 0 Å². The minimum atomic E-state index is 0.00445. The van der Waals surface area contributed by atoms with Crippen molar-refractivity contribution >= 4 is 25.1 Å². The second kappa shape index (κ2) is 6.32. The SMILES string of the molecule is Bc1ccc(-c2ccc(-c3nc4c(c(=O)[nH]3)CSCC4)cc2)cc1. The van der Waals surface area contributed by atoms with Crippen LogP contribution in [0.25, 0.3) is 22.5 Å². The average Bonchev–Trinajstić information content (AvgIpc) is 2.62. The van der Waals surface area contributed by atoms with E-state index in [9.17, 15) is 4.79 Å². The number of nitrogens with zero attached hydrogens (tertiary/aromatic N) is 1. The van der Waals surface area contributed by atoms with Gasteiger partial charge in [-0.2, -0.15) is 11.8 Å². The molecule has 5 heteroatoms. The number of fused-ring (bicyclic) bond motifs is 1. The van der Waals surface area contributed by atoms with E-state index in [1.807, 2.05) is 12.1 Å². The molecule has 0 atom stereocenters. The second-order valence-electron chi connectivity index (χ2n) is 6.09. The van der Waals surface area contributed by atoms with E-state index in [1.165, 1.54) is 11.0 Å². The first-order chi connectivity index (χ1) is 11.7. The highest BCUT2D eigenvalue weighted by atomic mass is 32.2. The maximum atomic E-state index is 12.3. The van der Waals surface area contributed by atoms with Gasteiger partial charge in [0.2, 0.25) is 0 Å². The van der Waals surface area contributed by atoms with E-state index in [0.717, 1.165) is 40.3 Å². The summed E-state index contributed by atoms with van der Waals surface area (Å²) in [6, 6.07) is 16.7. The van der Waals surface area contributed by atoms with Gasteiger partial charge < -0.3 is 4.98 Å². The van der Waals surface area contributed by atoms with Crippen molar-refractivity contribution in [3.05, 3.63) is 70.1 Å². The lowest BCUT2D eigenvalue weighted by Gasteiger charge is -2.14. The van der Waals surface area contributed by atoms with Gasteiger partial charge in [0.05, 0.1) is 5.69 Å². The summed E-state index contributed by atoms with van der Waals surface area (Å²) in [5, 5.41) is 0. The van der Waals surface area contributed by atoms with E-state index in [4.69, 9.17) is 0 Å². The topological polar surface area (TPSA) is 45.8 Å². The molecule has 0 amide bonds. The van der Waals surface area contributed by atoms with Crippen LogP contribution in [0, 0.1) is 0 Å². The minimum absolute atomic E-state index is 0.00445. The fraction of sp³-hybridized carbons (Fsp3) is 0.158. The zero-order valence-electron chi connectivity index (χ0n) is 13.5. The van der Waals surface area contributed by atoms with Crippen molar-refractivity contribution in [2.24, 2.45) is 0 Å². The van der Waals surface area contributed by atoms with Crippen molar-refractivity contribution in [1.82, 2.24) is 9.97 Å². The van der Waals surface area contributed by atoms with Gasteiger partial charge in [-0.15, -0.1) is 0 Å². The molecule has 0 saturated carbocycles. The maximum absolute atomic E-state index is 12.3. The molecular weight excluding hydrogens is 315 g/mol. The van der Waals surface area contributed by atoms with E-state index in [0.29, 0.717) is 5.82 Å². The molecule has 1 aromatic heterocycles. The smallest absolute Gasteiger partial charge is 0.255 e. The fourth-order valence-electron chi connectivity index (χ4n) is 2.95. The summed E-state index contributed by atoms with van der Waals surface area (Å²) in [6.45, 7) is 0. The molecule has 0 fully saturated rings. The summed E-state index contributed by atoms with van der Waals surface area (Å²) in [7, 11) is 2.09. The van der Waals surface area contributed by atoms with Crippen LogP contribution in [-0.2, 0) is 12.2 Å². The van der Waals surface area contributed by atoms with Crippen molar-refractivity contribution in [1.29, 1.82) is 0 Å². The number of hydrogen-bond donors (Lipinski definition) is 1. The highest BCUT2D eigenvalue weighted by molar-refractivity contribution is 7.98. The van der Waals surface area contributed by atoms with Crippen LogP contribution in [0.5, 0.6) is 0 Å². The Morgan fingerprint density at radius 2 is 1.58 bits per heavy atom. The van der Waals surface area contributed by atoms with E-state index in [-0.39, 0.29) is 5.56 Å². The number of hydrogen-bond acceptors (Lipinski definition) is 3. The lowest BCUT2D eigenvalue weighted by Crippen LogP contribution is -2.21. The lowest BCUT2D eigenvalue weighted by atomic mass is 9.93. The van der Waals surface area contributed by atoms with Crippen molar-refractivity contribution in [2.45, 2.75) is 12.2 Å². The van der Waals surface area contributed by atoms with Crippen LogP contribution in [0.1, 0.15) is 11.3 Å². The van der Waals surface area contributed by atoms with Gasteiger partial charge in [-0.05, 0) is 23.3 Å². The Hall–Kier alpha value is -2.27. The van der Waals surface area contributed by atoms with Gasteiger partial charge in [0.25, 0.3) is 5.56 Å². The Labute approximate surface area is 146 Å². The Balaban J connectivity index is 1.69. The van der Waals surface area contributed by atoms with Gasteiger partial charge in [-0.25, -0.2) is 4.98 Å². The fourth-order valence-corrected chi connectivity index (χ4v) is 3.93. The van der Waals surface area contributed by atoms with Crippen LogP contribution < -0.4 is 11.0 Å². The molecule has 2 heterocycles.